The predicted molar refractivity (Wildman–Crippen MR) is 90.6 cm³/mol. The highest BCUT2D eigenvalue weighted by atomic mass is 19.1. The first kappa shape index (κ1) is 16.1. The number of piperidine rings is 1. The van der Waals surface area contributed by atoms with Crippen LogP contribution in [0, 0.1) is 5.82 Å². The van der Waals surface area contributed by atoms with Gasteiger partial charge in [0, 0.05) is 19.1 Å². The first-order valence-electron chi connectivity index (χ1n) is 8.84. The van der Waals surface area contributed by atoms with Crippen molar-refractivity contribution in [3.8, 4) is 0 Å². The summed E-state index contributed by atoms with van der Waals surface area (Å²) in [5.41, 5.74) is 1.02. The molecule has 0 radical (unpaired) electrons. The maximum absolute atomic E-state index is 13.3. The standard InChI is InChI=1S/C18H22FN5O/c19-15-4-1-3-13(7-15)14-8-16(9-14)22-18(25)23-6-2-5-17(10-23)24-12-20-11-21-24/h1,3-4,7,11-12,14,16-17H,2,5-6,8-10H2,(H,22,25)/t14?,16?,17-/m1/s1. The Morgan fingerprint density at radius 2 is 2.20 bits per heavy atom. The van der Waals surface area contributed by atoms with Crippen LogP contribution in [-0.4, -0.2) is 44.8 Å². The van der Waals surface area contributed by atoms with E-state index in [1.807, 2.05) is 15.6 Å². The molecule has 1 N–H and O–H groups in total. The van der Waals surface area contributed by atoms with Crippen molar-refractivity contribution in [1.82, 2.24) is 25.0 Å². The molecule has 4 rings (SSSR count). The third-order valence-electron chi connectivity index (χ3n) is 5.28. The number of rotatable bonds is 3. The zero-order valence-electron chi connectivity index (χ0n) is 14.0. The minimum atomic E-state index is -0.197. The van der Waals surface area contributed by atoms with E-state index >= 15 is 0 Å². The molecule has 7 heteroatoms. The van der Waals surface area contributed by atoms with Gasteiger partial charge < -0.3 is 10.2 Å². The number of hydrogen-bond donors (Lipinski definition) is 1. The van der Waals surface area contributed by atoms with Crippen LogP contribution in [0.1, 0.15) is 43.2 Å². The number of nitrogens with one attached hydrogen (secondary N) is 1. The summed E-state index contributed by atoms with van der Waals surface area (Å²) < 4.78 is 15.1. The Bertz CT molecular complexity index is 729. The van der Waals surface area contributed by atoms with E-state index in [1.54, 1.807) is 18.5 Å². The fourth-order valence-electron chi connectivity index (χ4n) is 3.80. The normalized spacial score (nSPS) is 26.1. The molecular weight excluding hydrogens is 321 g/mol. The molecule has 1 aromatic heterocycles. The van der Waals surface area contributed by atoms with Crippen LogP contribution in [0.15, 0.2) is 36.9 Å². The van der Waals surface area contributed by atoms with Gasteiger partial charge in [0.2, 0.25) is 0 Å². The molecule has 2 amide bonds. The van der Waals surface area contributed by atoms with Gasteiger partial charge >= 0.3 is 6.03 Å². The Labute approximate surface area is 146 Å². The largest absolute Gasteiger partial charge is 0.335 e. The number of carbonyl (C=O) groups excluding carboxylic acids is 1. The van der Waals surface area contributed by atoms with E-state index in [9.17, 15) is 9.18 Å². The molecule has 25 heavy (non-hydrogen) atoms. The second-order valence-corrected chi connectivity index (χ2v) is 6.99. The molecule has 0 bridgehead atoms. The highest BCUT2D eigenvalue weighted by Gasteiger charge is 2.33. The average Bonchev–Trinajstić information content (AvgIpc) is 3.12. The summed E-state index contributed by atoms with van der Waals surface area (Å²) in [5.74, 6) is 0.141. The number of carbonyl (C=O) groups is 1. The topological polar surface area (TPSA) is 63.1 Å². The molecule has 1 aliphatic carbocycles. The van der Waals surface area contributed by atoms with Crippen LogP contribution in [0.2, 0.25) is 0 Å². The van der Waals surface area contributed by atoms with Gasteiger partial charge in [-0.2, -0.15) is 5.10 Å². The van der Waals surface area contributed by atoms with Gasteiger partial charge in [-0.05, 0) is 49.3 Å². The highest BCUT2D eigenvalue weighted by molar-refractivity contribution is 5.74. The molecule has 0 spiro atoms. The van der Waals surface area contributed by atoms with Crippen molar-refractivity contribution in [3.05, 3.63) is 48.3 Å². The van der Waals surface area contributed by atoms with Crippen molar-refractivity contribution in [2.45, 2.75) is 43.7 Å². The lowest BCUT2D eigenvalue weighted by atomic mass is 9.76. The van der Waals surface area contributed by atoms with Crippen LogP contribution in [0.3, 0.4) is 0 Å². The van der Waals surface area contributed by atoms with Crippen molar-refractivity contribution < 1.29 is 9.18 Å². The molecule has 2 aromatic rings. The number of hydrogen-bond acceptors (Lipinski definition) is 3. The first-order chi connectivity index (χ1) is 12.2. The summed E-state index contributed by atoms with van der Waals surface area (Å²) in [6, 6.07) is 7.12. The van der Waals surface area contributed by atoms with Gasteiger partial charge in [0.25, 0.3) is 0 Å². The van der Waals surface area contributed by atoms with E-state index in [4.69, 9.17) is 0 Å². The quantitative estimate of drug-likeness (QED) is 0.932. The Morgan fingerprint density at radius 3 is 2.96 bits per heavy atom. The lowest BCUT2D eigenvalue weighted by molar-refractivity contribution is 0.152. The summed E-state index contributed by atoms with van der Waals surface area (Å²) in [4.78, 5) is 18.4. The molecule has 1 saturated carbocycles. The van der Waals surface area contributed by atoms with E-state index in [2.05, 4.69) is 15.4 Å². The number of urea groups is 1. The van der Waals surface area contributed by atoms with E-state index < -0.39 is 0 Å². The minimum Gasteiger partial charge on any atom is -0.335 e. The van der Waals surface area contributed by atoms with Crippen molar-refractivity contribution in [3.63, 3.8) is 0 Å². The van der Waals surface area contributed by atoms with Crippen LogP contribution >= 0.6 is 0 Å². The molecule has 1 saturated heterocycles. The lowest BCUT2D eigenvalue weighted by Crippen LogP contribution is -2.51. The van der Waals surface area contributed by atoms with E-state index in [0.717, 1.165) is 37.8 Å². The number of likely N-dealkylation sites (tertiary alicyclic amines) is 1. The van der Waals surface area contributed by atoms with Crippen molar-refractivity contribution in [1.29, 1.82) is 0 Å². The number of benzene rings is 1. The van der Waals surface area contributed by atoms with Gasteiger partial charge in [0.15, 0.2) is 0 Å². The van der Waals surface area contributed by atoms with Crippen molar-refractivity contribution in [2.24, 2.45) is 0 Å². The molecule has 2 fully saturated rings. The second kappa shape index (κ2) is 6.82. The molecule has 2 heterocycles. The zero-order valence-corrected chi connectivity index (χ0v) is 14.0. The van der Waals surface area contributed by atoms with Gasteiger partial charge in [-0.25, -0.2) is 18.9 Å². The molecule has 1 aromatic carbocycles. The monoisotopic (exact) mass is 343 g/mol. The molecular formula is C18H22FN5O. The third kappa shape index (κ3) is 3.50. The summed E-state index contributed by atoms with van der Waals surface area (Å²) >= 11 is 0. The molecule has 1 atom stereocenters. The maximum Gasteiger partial charge on any atom is 0.317 e. The molecule has 1 aliphatic heterocycles. The summed E-state index contributed by atoms with van der Waals surface area (Å²) in [6.07, 6.45) is 6.96. The molecule has 2 aliphatic rings. The fourth-order valence-corrected chi connectivity index (χ4v) is 3.80. The predicted octanol–water partition coefficient (Wildman–Crippen LogP) is 2.71. The molecule has 0 unspecified atom stereocenters. The van der Waals surface area contributed by atoms with Crippen LogP contribution < -0.4 is 5.32 Å². The molecule has 132 valence electrons. The Morgan fingerprint density at radius 1 is 1.32 bits per heavy atom. The third-order valence-corrected chi connectivity index (χ3v) is 5.28. The van der Waals surface area contributed by atoms with Crippen molar-refractivity contribution in [2.75, 3.05) is 13.1 Å². The zero-order chi connectivity index (χ0) is 17.2. The number of halogens is 1. The van der Waals surface area contributed by atoms with Crippen molar-refractivity contribution >= 4 is 6.03 Å². The summed E-state index contributed by atoms with van der Waals surface area (Å²) in [7, 11) is 0. The highest BCUT2D eigenvalue weighted by Crippen LogP contribution is 2.37. The average molecular weight is 343 g/mol. The smallest absolute Gasteiger partial charge is 0.317 e. The maximum atomic E-state index is 13.3. The number of nitrogens with zero attached hydrogens (tertiary/aromatic N) is 4. The lowest BCUT2D eigenvalue weighted by Gasteiger charge is -2.39. The van der Waals surface area contributed by atoms with Crippen LogP contribution in [-0.2, 0) is 0 Å². The van der Waals surface area contributed by atoms with Gasteiger partial charge in [-0.3, -0.25) is 0 Å². The van der Waals surface area contributed by atoms with Crippen LogP contribution in [0.4, 0.5) is 9.18 Å². The van der Waals surface area contributed by atoms with E-state index in [-0.39, 0.29) is 23.9 Å². The van der Waals surface area contributed by atoms with E-state index in [1.165, 1.54) is 12.4 Å². The molecule has 6 nitrogen and oxygen atoms in total. The van der Waals surface area contributed by atoms with Crippen LogP contribution in [0.25, 0.3) is 0 Å². The van der Waals surface area contributed by atoms with Gasteiger partial charge in [0.05, 0.1) is 6.04 Å². The Kier molecular flexibility index (Phi) is 4.38. The second-order valence-electron chi connectivity index (χ2n) is 6.99. The van der Waals surface area contributed by atoms with Gasteiger partial charge in [0.1, 0.15) is 18.5 Å². The number of amides is 2. The number of aromatic nitrogens is 3. The van der Waals surface area contributed by atoms with Gasteiger partial charge in [-0.15, -0.1) is 0 Å². The minimum absolute atomic E-state index is 0.00694. The van der Waals surface area contributed by atoms with E-state index in [0.29, 0.717) is 12.5 Å². The first-order valence-corrected chi connectivity index (χ1v) is 8.84. The Balaban J connectivity index is 1.28. The van der Waals surface area contributed by atoms with Crippen LogP contribution in [0.5, 0.6) is 0 Å². The fraction of sp³-hybridized carbons (Fsp3) is 0.500. The SMILES string of the molecule is O=C(NC1CC(c2cccc(F)c2)C1)N1CCC[C@@H](n2cncn2)C1. The summed E-state index contributed by atoms with van der Waals surface area (Å²) in [6.45, 7) is 1.44. The van der Waals surface area contributed by atoms with Gasteiger partial charge in [-0.1, -0.05) is 12.1 Å². The summed E-state index contributed by atoms with van der Waals surface area (Å²) in [5, 5.41) is 7.30. The Hall–Kier alpha value is -2.44.